The van der Waals surface area contributed by atoms with E-state index in [-0.39, 0.29) is 29.9 Å². The van der Waals surface area contributed by atoms with E-state index in [4.69, 9.17) is 9.15 Å². The maximum atomic E-state index is 13.1. The first-order valence-corrected chi connectivity index (χ1v) is 11.1. The smallest absolute Gasteiger partial charge is 0.228 e. The summed E-state index contributed by atoms with van der Waals surface area (Å²) in [6, 6.07) is 12.5. The van der Waals surface area contributed by atoms with E-state index in [2.05, 4.69) is 4.98 Å². The van der Waals surface area contributed by atoms with Crippen molar-refractivity contribution < 1.29 is 22.4 Å². The molecule has 0 atom stereocenters. The lowest BCUT2D eigenvalue weighted by Gasteiger charge is -2.21. The fraction of sp³-hybridized carbons (Fsp3) is 0.333. The van der Waals surface area contributed by atoms with Crippen molar-refractivity contribution in [1.29, 1.82) is 0 Å². The Morgan fingerprint density at radius 2 is 1.93 bits per heavy atom. The molecule has 0 fully saturated rings. The van der Waals surface area contributed by atoms with Gasteiger partial charge in [0, 0.05) is 20.6 Å². The molecule has 3 rings (SSSR count). The predicted molar refractivity (Wildman–Crippen MR) is 110 cm³/mol. The van der Waals surface area contributed by atoms with Crippen molar-refractivity contribution in [3.8, 4) is 0 Å². The molecule has 0 saturated carbocycles. The maximum Gasteiger partial charge on any atom is 0.228 e. The molecular weight excluding hydrogens is 406 g/mol. The van der Waals surface area contributed by atoms with Gasteiger partial charge >= 0.3 is 0 Å². The molecule has 1 aromatic carbocycles. The number of amides is 1. The standard InChI is InChI=1S/C21H25N3O5S/c1-17(25)23(15-20-9-6-11-29-20)14-19-13-22-21(24(19)10-12-28-2)30(26,27)16-18-7-4-3-5-8-18/h3-9,11,13H,10,12,14-16H2,1-2H3. The molecule has 3 aromatic rings. The number of carbonyl (C=O) groups excluding carboxylic acids is 1. The molecule has 0 spiro atoms. The van der Waals surface area contributed by atoms with Gasteiger partial charge in [0.1, 0.15) is 5.76 Å². The average Bonchev–Trinajstić information content (AvgIpc) is 3.36. The van der Waals surface area contributed by atoms with Crippen molar-refractivity contribution in [2.24, 2.45) is 0 Å². The van der Waals surface area contributed by atoms with Gasteiger partial charge in [-0.1, -0.05) is 30.3 Å². The highest BCUT2D eigenvalue weighted by atomic mass is 32.2. The second-order valence-electron chi connectivity index (χ2n) is 6.88. The molecule has 0 aliphatic heterocycles. The molecule has 30 heavy (non-hydrogen) atoms. The zero-order valence-corrected chi connectivity index (χ0v) is 17.8. The van der Waals surface area contributed by atoms with Crippen molar-refractivity contribution in [2.75, 3.05) is 13.7 Å². The van der Waals surface area contributed by atoms with Crippen molar-refractivity contribution in [1.82, 2.24) is 14.5 Å². The van der Waals surface area contributed by atoms with Crippen LogP contribution in [-0.2, 0) is 44.8 Å². The summed E-state index contributed by atoms with van der Waals surface area (Å²) in [4.78, 5) is 17.9. The summed E-state index contributed by atoms with van der Waals surface area (Å²) in [5, 5.41) is -0.0279. The SMILES string of the molecule is COCCn1c(CN(Cc2ccco2)C(C)=O)cnc1S(=O)(=O)Cc1ccccc1. The molecule has 0 N–H and O–H groups in total. The van der Waals surface area contributed by atoms with Gasteiger partial charge in [-0.2, -0.15) is 0 Å². The number of furan rings is 1. The normalized spacial score (nSPS) is 11.5. The number of sulfone groups is 1. The minimum atomic E-state index is -3.69. The number of nitrogens with zero attached hydrogens (tertiary/aromatic N) is 3. The molecule has 0 radical (unpaired) electrons. The van der Waals surface area contributed by atoms with E-state index in [0.717, 1.165) is 0 Å². The van der Waals surface area contributed by atoms with Crippen LogP contribution >= 0.6 is 0 Å². The molecule has 0 aliphatic rings. The van der Waals surface area contributed by atoms with E-state index in [1.165, 1.54) is 13.1 Å². The summed E-state index contributed by atoms with van der Waals surface area (Å²) in [6.45, 7) is 2.57. The number of ether oxygens (including phenoxy) is 1. The molecule has 0 bridgehead atoms. The lowest BCUT2D eigenvalue weighted by atomic mass is 10.2. The fourth-order valence-corrected chi connectivity index (χ4v) is 4.63. The molecule has 2 aromatic heterocycles. The molecule has 8 nitrogen and oxygen atoms in total. The molecule has 2 heterocycles. The summed E-state index contributed by atoms with van der Waals surface area (Å²) in [7, 11) is -2.14. The third-order valence-electron chi connectivity index (χ3n) is 4.62. The lowest BCUT2D eigenvalue weighted by molar-refractivity contribution is -0.130. The minimum absolute atomic E-state index is 0.0279. The molecule has 9 heteroatoms. The van der Waals surface area contributed by atoms with E-state index in [1.807, 2.05) is 6.07 Å². The van der Waals surface area contributed by atoms with Gasteiger partial charge in [0.2, 0.25) is 20.9 Å². The van der Waals surface area contributed by atoms with E-state index >= 15 is 0 Å². The first-order valence-electron chi connectivity index (χ1n) is 9.48. The van der Waals surface area contributed by atoms with Gasteiger partial charge in [-0.15, -0.1) is 0 Å². The Labute approximate surface area is 176 Å². The van der Waals surface area contributed by atoms with Gasteiger partial charge in [0.25, 0.3) is 0 Å². The number of benzene rings is 1. The number of imidazole rings is 1. The van der Waals surface area contributed by atoms with Gasteiger partial charge in [-0.3, -0.25) is 4.79 Å². The van der Waals surface area contributed by atoms with E-state index < -0.39 is 9.84 Å². The third-order valence-corrected chi connectivity index (χ3v) is 6.22. The molecule has 1 amide bonds. The van der Waals surface area contributed by atoms with Crippen molar-refractivity contribution >= 4 is 15.7 Å². The molecule has 0 saturated heterocycles. The highest BCUT2D eigenvalue weighted by Gasteiger charge is 2.25. The summed E-state index contributed by atoms with van der Waals surface area (Å²) >= 11 is 0. The van der Waals surface area contributed by atoms with Gasteiger partial charge in [-0.05, 0) is 17.7 Å². The van der Waals surface area contributed by atoms with Gasteiger partial charge in [-0.25, -0.2) is 13.4 Å². The fourth-order valence-electron chi connectivity index (χ4n) is 3.11. The number of carbonyl (C=O) groups is 1. The first kappa shape index (κ1) is 21.8. The van der Waals surface area contributed by atoms with Crippen LogP contribution in [0.2, 0.25) is 0 Å². The highest BCUT2D eigenvalue weighted by Crippen LogP contribution is 2.19. The number of hydrogen-bond donors (Lipinski definition) is 0. The number of rotatable bonds is 10. The van der Waals surface area contributed by atoms with E-state index in [9.17, 15) is 13.2 Å². The highest BCUT2D eigenvalue weighted by molar-refractivity contribution is 7.90. The molecule has 0 aliphatic carbocycles. The van der Waals surface area contributed by atoms with Crippen LogP contribution in [0.25, 0.3) is 0 Å². The Bertz CT molecular complexity index is 1060. The average molecular weight is 432 g/mol. The maximum absolute atomic E-state index is 13.1. The second kappa shape index (κ2) is 9.73. The zero-order chi connectivity index (χ0) is 21.6. The van der Waals surface area contributed by atoms with Crippen LogP contribution in [0, 0.1) is 0 Å². The van der Waals surface area contributed by atoms with Crippen molar-refractivity contribution in [2.45, 2.75) is 37.5 Å². The largest absolute Gasteiger partial charge is 0.467 e. The molecule has 0 unspecified atom stereocenters. The van der Waals surface area contributed by atoms with Gasteiger partial charge in [0.05, 0.1) is 43.6 Å². The Morgan fingerprint density at radius 1 is 1.17 bits per heavy atom. The monoisotopic (exact) mass is 431 g/mol. The Balaban J connectivity index is 1.89. The quantitative estimate of drug-likeness (QED) is 0.490. The number of methoxy groups -OCH3 is 1. The summed E-state index contributed by atoms with van der Waals surface area (Å²) in [6.07, 6.45) is 3.05. The van der Waals surface area contributed by atoms with E-state index in [0.29, 0.717) is 30.2 Å². The minimum Gasteiger partial charge on any atom is -0.467 e. The van der Waals surface area contributed by atoms with Crippen LogP contribution in [0.5, 0.6) is 0 Å². The Morgan fingerprint density at radius 3 is 2.57 bits per heavy atom. The zero-order valence-electron chi connectivity index (χ0n) is 17.0. The Kier molecular flexibility index (Phi) is 7.07. The predicted octanol–water partition coefficient (Wildman–Crippen LogP) is 2.65. The number of hydrogen-bond acceptors (Lipinski definition) is 6. The van der Waals surface area contributed by atoms with Crippen LogP contribution in [-0.4, -0.2) is 42.5 Å². The topological polar surface area (TPSA) is 94.6 Å². The Hall–Kier alpha value is -2.91. The third kappa shape index (κ3) is 5.37. The first-order chi connectivity index (χ1) is 14.4. The van der Waals surface area contributed by atoms with Crippen LogP contribution in [0.15, 0.2) is 64.5 Å². The summed E-state index contributed by atoms with van der Waals surface area (Å²) < 4.78 is 38.2. The van der Waals surface area contributed by atoms with Crippen LogP contribution < -0.4 is 0 Å². The van der Waals surface area contributed by atoms with Crippen molar-refractivity contribution in [3.05, 3.63) is 71.9 Å². The lowest BCUT2D eigenvalue weighted by Crippen LogP contribution is -2.29. The van der Waals surface area contributed by atoms with E-state index in [1.54, 1.807) is 59.2 Å². The van der Waals surface area contributed by atoms with Crippen molar-refractivity contribution in [3.63, 3.8) is 0 Å². The molecular formula is C21H25N3O5S. The van der Waals surface area contributed by atoms with Crippen LogP contribution in [0.3, 0.4) is 0 Å². The van der Waals surface area contributed by atoms with Crippen LogP contribution in [0.1, 0.15) is 23.9 Å². The molecule has 160 valence electrons. The van der Waals surface area contributed by atoms with Crippen LogP contribution in [0.4, 0.5) is 0 Å². The summed E-state index contributed by atoms with van der Waals surface area (Å²) in [5.41, 5.74) is 1.30. The number of aromatic nitrogens is 2. The summed E-state index contributed by atoms with van der Waals surface area (Å²) in [5.74, 6) is 0.338. The second-order valence-corrected chi connectivity index (χ2v) is 8.76. The van der Waals surface area contributed by atoms with Gasteiger partial charge in [0.15, 0.2) is 0 Å². The van der Waals surface area contributed by atoms with Gasteiger partial charge < -0.3 is 18.6 Å².